The molecule has 0 aliphatic rings. The maximum Gasteiger partial charge on any atom is 0.126 e. The third-order valence-corrected chi connectivity index (χ3v) is 11.4. The minimum absolute atomic E-state index is 0.635. The number of para-hydroxylation sites is 2. The van der Waals surface area contributed by atoms with Crippen LogP contribution in [0.3, 0.4) is 0 Å². The fourth-order valence-corrected chi connectivity index (χ4v) is 7.82. The van der Waals surface area contributed by atoms with Gasteiger partial charge in [0.05, 0.1) is 13.2 Å². The Morgan fingerprint density at radius 2 is 0.859 bits per heavy atom. The Kier molecular flexibility index (Phi) is 14.8. The van der Waals surface area contributed by atoms with Crippen LogP contribution in [0.5, 0.6) is 11.5 Å². The van der Waals surface area contributed by atoms with Gasteiger partial charge in [-0.25, -0.2) is 0 Å². The van der Waals surface area contributed by atoms with Gasteiger partial charge in [0.1, 0.15) is 11.5 Å². The van der Waals surface area contributed by atoms with E-state index in [1.165, 1.54) is 44.5 Å². The topological polar surface area (TPSA) is 24.9 Å². The van der Waals surface area contributed by atoms with Gasteiger partial charge in [-0.05, 0) is 168 Å². The first-order valence-electron chi connectivity index (χ1n) is 22.3. The predicted molar refractivity (Wildman–Crippen MR) is 276 cm³/mol. The molecule has 0 aliphatic heterocycles. The molecule has 7 aromatic rings. The molecule has 0 aromatic heterocycles. The van der Waals surface area contributed by atoms with Crippen molar-refractivity contribution < 1.29 is 9.47 Å². The summed E-state index contributed by atoms with van der Waals surface area (Å²) in [6, 6.07) is 56.1. The summed E-state index contributed by atoms with van der Waals surface area (Å²) < 4.78 is 11.7. The molecule has 322 valence electrons. The Hall–Kier alpha value is -7.30. The van der Waals surface area contributed by atoms with Crippen LogP contribution in [0, 0.1) is 27.7 Å². The van der Waals surface area contributed by atoms with Gasteiger partial charge in [0.15, 0.2) is 0 Å². The molecule has 4 nitrogen and oxygen atoms in total. The average Bonchev–Trinajstić information content (AvgIpc) is 3.30. The van der Waals surface area contributed by atoms with Crippen LogP contribution < -0.4 is 19.3 Å². The normalized spacial score (nSPS) is 11.9. The lowest BCUT2D eigenvalue weighted by Gasteiger charge is -2.27. The minimum Gasteiger partial charge on any atom is -0.493 e. The predicted octanol–water partition coefficient (Wildman–Crippen LogP) is 16.7. The van der Waals surface area contributed by atoms with Crippen LogP contribution >= 0.6 is 0 Å². The first-order valence-corrected chi connectivity index (χ1v) is 22.3. The summed E-state index contributed by atoms with van der Waals surface area (Å²) >= 11 is 0. The van der Waals surface area contributed by atoms with Crippen LogP contribution in [0.1, 0.15) is 77.8 Å². The highest BCUT2D eigenvalue weighted by Gasteiger charge is 2.15. The van der Waals surface area contributed by atoms with E-state index >= 15 is 0 Å². The summed E-state index contributed by atoms with van der Waals surface area (Å²) in [5.41, 5.74) is 18.3. The van der Waals surface area contributed by atoms with Gasteiger partial charge in [0.25, 0.3) is 0 Å². The Morgan fingerprint density at radius 3 is 1.36 bits per heavy atom. The number of hydrogen-bond donors (Lipinski definition) is 0. The summed E-state index contributed by atoms with van der Waals surface area (Å²) in [5.74, 6) is 1.79. The second-order valence-electron chi connectivity index (χ2n) is 16.2. The largest absolute Gasteiger partial charge is 0.493 e. The first kappa shape index (κ1) is 44.7. The second-order valence-corrected chi connectivity index (χ2v) is 16.2. The highest BCUT2D eigenvalue weighted by molar-refractivity contribution is 5.81. The van der Waals surface area contributed by atoms with Gasteiger partial charge < -0.3 is 19.3 Å². The molecule has 0 fully saturated rings. The standard InChI is InChI=1S/C60H60N2O2/c1-9-63-59-17-13-11-15-52(59)27-25-50-31-39-57(41-46(50)6)61(54-33-19-43(3)20-34-54)48(8)24-23-45(5)49-29-37-56(38-30-49)62(55-35-21-44(4)22-36-55)58-40-32-51(47(7)42-58)26-28-53-16-12-14-18-60(53)64-10-2/h11-42H,9-10H2,1-8H3/b27-25+,28-26+,45-23+,48-24+. The van der Waals surface area contributed by atoms with Crippen LogP contribution in [0.4, 0.5) is 28.4 Å². The molecule has 0 bridgehead atoms. The van der Waals surface area contributed by atoms with E-state index < -0.39 is 0 Å². The Balaban J connectivity index is 1.15. The zero-order valence-electron chi connectivity index (χ0n) is 38.6. The number of anilines is 5. The molecule has 7 rings (SSSR count). The molecule has 0 unspecified atom stereocenters. The monoisotopic (exact) mass is 840 g/mol. The van der Waals surface area contributed by atoms with Gasteiger partial charge in [-0.2, -0.15) is 0 Å². The van der Waals surface area contributed by atoms with E-state index in [1.54, 1.807) is 0 Å². The van der Waals surface area contributed by atoms with Crippen molar-refractivity contribution in [2.24, 2.45) is 0 Å². The lowest BCUT2D eigenvalue weighted by Crippen LogP contribution is -2.14. The fourth-order valence-electron chi connectivity index (χ4n) is 7.82. The third kappa shape index (κ3) is 11.0. The van der Waals surface area contributed by atoms with Gasteiger partial charge in [0, 0.05) is 45.3 Å². The molecule has 4 heteroatoms. The first-order chi connectivity index (χ1) is 31.1. The zero-order valence-corrected chi connectivity index (χ0v) is 38.6. The molecule has 0 radical (unpaired) electrons. The van der Waals surface area contributed by atoms with Gasteiger partial charge in [0.2, 0.25) is 0 Å². The zero-order chi connectivity index (χ0) is 45.0. The lowest BCUT2D eigenvalue weighted by atomic mass is 10.0. The molecule has 0 saturated heterocycles. The fraction of sp³-hybridized carbons (Fsp3) is 0.167. The number of aryl methyl sites for hydroxylation is 4. The molecule has 0 aliphatic carbocycles. The lowest BCUT2D eigenvalue weighted by molar-refractivity contribution is 0.339. The summed E-state index contributed by atoms with van der Waals surface area (Å²) in [6.07, 6.45) is 13.1. The smallest absolute Gasteiger partial charge is 0.126 e. The Morgan fingerprint density at radius 1 is 0.438 bits per heavy atom. The minimum atomic E-state index is 0.635. The van der Waals surface area contributed by atoms with Crippen molar-refractivity contribution >= 4 is 58.3 Å². The second kappa shape index (κ2) is 21.2. The van der Waals surface area contributed by atoms with E-state index in [9.17, 15) is 0 Å². The molecule has 0 heterocycles. The van der Waals surface area contributed by atoms with E-state index in [-0.39, 0.29) is 0 Å². The van der Waals surface area contributed by atoms with Gasteiger partial charge in [-0.3, -0.25) is 0 Å². The third-order valence-electron chi connectivity index (χ3n) is 11.4. The molecule has 0 spiro atoms. The van der Waals surface area contributed by atoms with E-state index in [1.807, 2.05) is 50.2 Å². The summed E-state index contributed by atoms with van der Waals surface area (Å²) in [6.45, 7) is 18.3. The number of hydrogen-bond acceptors (Lipinski definition) is 4. The number of ether oxygens (including phenoxy) is 2. The quantitative estimate of drug-likeness (QED) is 0.0715. The summed E-state index contributed by atoms with van der Waals surface area (Å²) in [5, 5.41) is 0. The number of benzene rings is 7. The molecular formula is C60H60N2O2. The van der Waals surface area contributed by atoms with Crippen molar-refractivity contribution in [1.29, 1.82) is 0 Å². The number of nitrogens with zero attached hydrogens (tertiary/aromatic N) is 2. The van der Waals surface area contributed by atoms with Crippen molar-refractivity contribution in [3.63, 3.8) is 0 Å². The van der Waals surface area contributed by atoms with Gasteiger partial charge in [-0.15, -0.1) is 0 Å². The maximum absolute atomic E-state index is 5.87. The number of rotatable bonds is 16. The summed E-state index contributed by atoms with van der Waals surface area (Å²) in [7, 11) is 0. The van der Waals surface area contributed by atoms with E-state index in [0.29, 0.717) is 13.2 Å². The van der Waals surface area contributed by atoms with Gasteiger partial charge >= 0.3 is 0 Å². The van der Waals surface area contributed by atoms with Crippen LogP contribution in [0.2, 0.25) is 0 Å². The summed E-state index contributed by atoms with van der Waals surface area (Å²) in [4.78, 5) is 4.67. The van der Waals surface area contributed by atoms with Crippen molar-refractivity contribution in [3.05, 3.63) is 226 Å². The Labute approximate surface area is 381 Å². The van der Waals surface area contributed by atoms with Crippen molar-refractivity contribution in [1.82, 2.24) is 0 Å². The maximum atomic E-state index is 5.87. The van der Waals surface area contributed by atoms with Crippen molar-refractivity contribution in [3.8, 4) is 11.5 Å². The molecule has 0 N–H and O–H groups in total. The highest BCUT2D eigenvalue weighted by atomic mass is 16.5. The molecule has 0 saturated carbocycles. The number of allylic oxidation sites excluding steroid dienone is 4. The van der Waals surface area contributed by atoms with Crippen LogP contribution in [0.25, 0.3) is 29.9 Å². The SMILES string of the molecule is CCOc1ccccc1/C=C/c1ccc(N(/C(C)=C/C=C(\C)c2ccc(N(c3ccc(C)cc3)c3ccc(/C=C/c4ccccc4OCC)c(C)c3)cc2)c2ccc(C)cc2)cc1C. The molecule has 7 aromatic carbocycles. The van der Waals surface area contributed by atoms with E-state index in [0.717, 1.165) is 56.8 Å². The van der Waals surface area contributed by atoms with Gasteiger partial charge in [-0.1, -0.05) is 126 Å². The molecule has 0 amide bonds. The van der Waals surface area contributed by atoms with Crippen LogP contribution in [-0.4, -0.2) is 13.2 Å². The van der Waals surface area contributed by atoms with Crippen molar-refractivity contribution in [2.75, 3.05) is 23.0 Å². The Bertz CT molecular complexity index is 2790. The van der Waals surface area contributed by atoms with E-state index in [2.05, 4.69) is 209 Å². The van der Waals surface area contributed by atoms with Crippen LogP contribution in [-0.2, 0) is 0 Å². The molecule has 0 atom stereocenters. The average molecular weight is 841 g/mol. The van der Waals surface area contributed by atoms with Crippen LogP contribution in [0.15, 0.2) is 176 Å². The molecule has 64 heavy (non-hydrogen) atoms. The molecular weight excluding hydrogens is 781 g/mol. The van der Waals surface area contributed by atoms with E-state index in [4.69, 9.17) is 9.47 Å². The van der Waals surface area contributed by atoms with Crippen molar-refractivity contribution in [2.45, 2.75) is 55.4 Å². The highest BCUT2D eigenvalue weighted by Crippen LogP contribution is 2.37.